The molecule has 45 heavy (non-hydrogen) atoms. The Bertz CT molecular complexity index is 1420. The molecule has 3 aromatic carbocycles. The van der Waals surface area contributed by atoms with Crippen LogP contribution in [-0.2, 0) is 19.1 Å². The van der Waals surface area contributed by atoms with Crippen molar-refractivity contribution in [1.29, 1.82) is 0 Å². The quantitative estimate of drug-likeness (QED) is 0.141. The summed E-state index contributed by atoms with van der Waals surface area (Å²) in [6, 6.07) is 26.1. The van der Waals surface area contributed by atoms with Crippen LogP contribution in [0.15, 0.2) is 89.9 Å². The summed E-state index contributed by atoms with van der Waals surface area (Å²) in [4.78, 5) is 48.4. The van der Waals surface area contributed by atoms with Crippen LogP contribution < -0.4 is 10.6 Å². The molecule has 10 nitrogen and oxygen atoms in total. The van der Waals surface area contributed by atoms with E-state index in [2.05, 4.69) is 21.7 Å². The second-order valence-electron chi connectivity index (χ2n) is 11.4. The van der Waals surface area contributed by atoms with Gasteiger partial charge in [0, 0.05) is 44.0 Å². The molecular weight excluding hydrogens is 570 g/mol. The van der Waals surface area contributed by atoms with Gasteiger partial charge in [0.15, 0.2) is 0 Å². The Morgan fingerprint density at radius 1 is 0.911 bits per heavy atom. The van der Waals surface area contributed by atoms with Gasteiger partial charge in [-0.2, -0.15) is 4.99 Å². The Balaban J connectivity index is 1.15. The number of ether oxygens (including phenoxy) is 2. The summed E-state index contributed by atoms with van der Waals surface area (Å²) in [6.45, 7) is 7.01. The van der Waals surface area contributed by atoms with Gasteiger partial charge in [0.25, 0.3) is 5.91 Å². The zero-order chi connectivity index (χ0) is 31.6. The highest BCUT2D eigenvalue weighted by molar-refractivity contribution is 6.06. The molecule has 3 aromatic rings. The number of unbranched alkanes of at least 4 members (excludes halogenated alkanes) is 1. The molecule has 1 atom stereocenters. The summed E-state index contributed by atoms with van der Waals surface area (Å²) in [6.07, 6.45) is 1.22. The predicted molar refractivity (Wildman–Crippen MR) is 173 cm³/mol. The Labute approximate surface area is 264 Å². The van der Waals surface area contributed by atoms with Gasteiger partial charge in [0.2, 0.25) is 0 Å². The lowest BCUT2D eigenvalue weighted by Crippen LogP contribution is -2.50. The van der Waals surface area contributed by atoms with Gasteiger partial charge in [-0.1, -0.05) is 74.0 Å². The highest BCUT2D eigenvalue weighted by Crippen LogP contribution is 2.27. The van der Waals surface area contributed by atoms with E-state index in [1.54, 1.807) is 29.2 Å². The monoisotopic (exact) mass is 611 g/mol. The number of nitrogens with two attached hydrogens (primary N) is 1. The fraction of sp³-hybridized carbons (Fsp3) is 0.371. The molecule has 2 aliphatic heterocycles. The number of rotatable bonds is 12. The normalized spacial score (nSPS) is 17.8. The zero-order valence-corrected chi connectivity index (χ0v) is 25.7. The number of nitrogens with zero attached hydrogens (tertiary/aromatic N) is 4. The molecule has 2 aliphatic rings. The van der Waals surface area contributed by atoms with Crippen molar-refractivity contribution >= 4 is 29.5 Å². The molecule has 0 aromatic heterocycles. The first kappa shape index (κ1) is 31.9. The van der Waals surface area contributed by atoms with Gasteiger partial charge in [0.1, 0.15) is 11.9 Å². The Kier molecular flexibility index (Phi) is 10.9. The summed E-state index contributed by atoms with van der Waals surface area (Å²) in [5, 5.41) is 0. The van der Waals surface area contributed by atoms with Crippen molar-refractivity contribution in [2.45, 2.75) is 31.8 Å². The van der Waals surface area contributed by atoms with Crippen molar-refractivity contribution in [1.82, 2.24) is 9.80 Å². The van der Waals surface area contributed by atoms with Crippen LogP contribution in [0.3, 0.4) is 0 Å². The van der Waals surface area contributed by atoms with Crippen LogP contribution in [0.4, 0.5) is 10.5 Å². The van der Waals surface area contributed by atoms with E-state index < -0.39 is 12.0 Å². The maximum absolute atomic E-state index is 13.4. The van der Waals surface area contributed by atoms with E-state index in [9.17, 15) is 14.4 Å². The van der Waals surface area contributed by atoms with E-state index in [0.29, 0.717) is 37.5 Å². The van der Waals surface area contributed by atoms with E-state index in [1.165, 1.54) is 0 Å². The lowest BCUT2D eigenvalue weighted by atomic mass is 9.90. The van der Waals surface area contributed by atoms with Gasteiger partial charge in [-0.25, -0.2) is 4.79 Å². The van der Waals surface area contributed by atoms with Crippen molar-refractivity contribution in [2.24, 2.45) is 10.7 Å². The second-order valence-corrected chi connectivity index (χ2v) is 11.4. The first-order valence-electron chi connectivity index (χ1n) is 15.6. The average molecular weight is 612 g/mol. The van der Waals surface area contributed by atoms with Crippen LogP contribution in [0.2, 0.25) is 0 Å². The summed E-state index contributed by atoms with van der Waals surface area (Å²) < 4.78 is 11.0. The van der Waals surface area contributed by atoms with Crippen LogP contribution in [0.5, 0.6) is 0 Å². The van der Waals surface area contributed by atoms with E-state index in [1.807, 2.05) is 60.7 Å². The van der Waals surface area contributed by atoms with Crippen LogP contribution in [0.25, 0.3) is 0 Å². The Morgan fingerprint density at radius 3 is 2.11 bits per heavy atom. The fourth-order valence-corrected chi connectivity index (χ4v) is 5.63. The second kappa shape index (κ2) is 15.5. The third kappa shape index (κ3) is 8.55. The molecule has 5 rings (SSSR count). The number of piperazine rings is 1. The molecule has 0 radical (unpaired) electrons. The molecule has 10 heteroatoms. The smallest absolute Gasteiger partial charge is 0.414 e. The summed E-state index contributed by atoms with van der Waals surface area (Å²) in [5.41, 5.74) is 9.25. The minimum absolute atomic E-state index is 0.110. The molecule has 2 heterocycles. The third-order valence-electron chi connectivity index (χ3n) is 8.13. The van der Waals surface area contributed by atoms with Crippen molar-refractivity contribution in [2.75, 3.05) is 57.3 Å². The molecule has 0 aliphatic carbocycles. The first-order chi connectivity index (χ1) is 21.9. The lowest BCUT2D eigenvalue weighted by molar-refractivity contribution is -0.145. The summed E-state index contributed by atoms with van der Waals surface area (Å²) in [7, 11) is 0. The van der Waals surface area contributed by atoms with Gasteiger partial charge in [-0.3, -0.25) is 24.3 Å². The highest BCUT2D eigenvalue weighted by atomic mass is 16.6. The Hall–Kier alpha value is -4.54. The molecule has 1 unspecified atom stereocenters. The number of amidine groups is 1. The molecule has 0 bridgehead atoms. The summed E-state index contributed by atoms with van der Waals surface area (Å²) in [5.74, 6) is -0.991. The number of amides is 2. The minimum atomic E-state index is -0.573. The maximum atomic E-state index is 13.4. The van der Waals surface area contributed by atoms with Crippen LogP contribution in [0.1, 0.15) is 42.4 Å². The van der Waals surface area contributed by atoms with E-state index >= 15 is 0 Å². The molecular formula is C35H41N5O5. The van der Waals surface area contributed by atoms with Crippen molar-refractivity contribution in [3.05, 3.63) is 102 Å². The molecule has 2 fully saturated rings. The number of carbonyl (C=O) groups is 3. The zero-order valence-electron chi connectivity index (χ0n) is 25.7. The van der Waals surface area contributed by atoms with E-state index in [4.69, 9.17) is 15.2 Å². The average Bonchev–Trinajstić information content (AvgIpc) is 3.42. The maximum Gasteiger partial charge on any atom is 0.414 e. The number of aliphatic imine (C=N–C) groups is 1. The molecule has 2 amide bonds. The summed E-state index contributed by atoms with van der Waals surface area (Å²) >= 11 is 0. The van der Waals surface area contributed by atoms with Gasteiger partial charge in [-0.05, 0) is 41.8 Å². The molecule has 236 valence electrons. The third-order valence-corrected chi connectivity index (χ3v) is 8.13. The number of carbonyl (C=O) groups excluding carboxylic acids is 3. The topological polar surface area (TPSA) is 118 Å². The number of cyclic esters (lactones) is 1. The number of hydrogen-bond acceptors (Lipinski definition) is 7. The van der Waals surface area contributed by atoms with E-state index in [-0.39, 0.29) is 23.8 Å². The number of hydrogen-bond donors (Lipinski definition) is 1. The van der Waals surface area contributed by atoms with Crippen LogP contribution >= 0.6 is 0 Å². The largest absolute Gasteiger partial charge is 0.465 e. The van der Waals surface area contributed by atoms with Gasteiger partial charge < -0.3 is 15.2 Å². The molecule has 0 saturated carbocycles. The first-order valence-corrected chi connectivity index (χ1v) is 15.6. The lowest BCUT2D eigenvalue weighted by Gasteiger charge is -2.34. The highest BCUT2D eigenvalue weighted by Gasteiger charge is 2.34. The number of anilines is 1. The number of esters is 1. The SMILES string of the molecule is CCCCOC(=O)CN1CCN(CC2CN(c3ccc(C(N)=NC(=O)C(c4ccccc4)c4ccccc4)cc3)C(=O)O2)CC1. The van der Waals surface area contributed by atoms with Gasteiger partial charge >= 0.3 is 12.1 Å². The van der Waals surface area contributed by atoms with Crippen molar-refractivity contribution in [3.63, 3.8) is 0 Å². The standard InChI is InChI=1S/C35H41N5O5/c1-2-3-22-44-31(41)25-39-20-18-38(19-21-39)23-30-24-40(35(43)45-30)29-16-14-28(15-17-29)33(36)37-34(42)32(26-10-6-4-7-11-26)27-12-8-5-9-13-27/h4-17,30,32H,2-3,18-25H2,1H3,(H2,36,37,42). The van der Waals surface area contributed by atoms with Crippen LogP contribution in [-0.4, -0.2) is 92.1 Å². The predicted octanol–water partition coefficient (Wildman–Crippen LogP) is 4.04. The molecule has 0 spiro atoms. The van der Waals surface area contributed by atoms with E-state index in [0.717, 1.165) is 50.1 Å². The van der Waals surface area contributed by atoms with Crippen molar-refractivity contribution < 1.29 is 23.9 Å². The van der Waals surface area contributed by atoms with Crippen molar-refractivity contribution in [3.8, 4) is 0 Å². The van der Waals surface area contributed by atoms with Gasteiger partial charge in [-0.15, -0.1) is 0 Å². The fourth-order valence-electron chi connectivity index (χ4n) is 5.63. The van der Waals surface area contributed by atoms with Gasteiger partial charge in [0.05, 0.1) is 25.6 Å². The number of benzene rings is 3. The molecule has 2 N–H and O–H groups in total. The Morgan fingerprint density at radius 2 is 1.51 bits per heavy atom. The molecule has 2 saturated heterocycles. The minimum Gasteiger partial charge on any atom is -0.465 e. The van der Waals surface area contributed by atoms with Crippen LogP contribution in [0, 0.1) is 0 Å².